The molecular formula is C14H9BrFNO. The Hall–Kier alpha value is -1.86. The lowest BCUT2D eigenvalue weighted by Gasteiger charge is -2.08. The van der Waals surface area contributed by atoms with Crippen molar-refractivity contribution in [1.29, 1.82) is 5.26 Å². The number of hydrogen-bond donors (Lipinski definition) is 0. The van der Waals surface area contributed by atoms with Gasteiger partial charge in [0.05, 0.1) is 16.1 Å². The molecule has 0 saturated heterocycles. The quantitative estimate of drug-likeness (QED) is 0.857. The third-order valence-corrected chi connectivity index (χ3v) is 3.30. The molecule has 0 amide bonds. The summed E-state index contributed by atoms with van der Waals surface area (Å²) in [6.45, 7) is 0.268. The highest BCUT2D eigenvalue weighted by Gasteiger charge is 2.05. The van der Waals surface area contributed by atoms with E-state index < -0.39 is 0 Å². The summed E-state index contributed by atoms with van der Waals surface area (Å²) in [4.78, 5) is 0. The van der Waals surface area contributed by atoms with Gasteiger partial charge in [0.25, 0.3) is 0 Å². The second-order valence-electron chi connectivity index (χ2n) is 3.64. The summed E-state index contributed by atoms with van der Waals surface area (Å²) in [6, 6.07) is 13.6. The Kier molecular flexibility index (Phi) is 3.96. The zero-order valence-corrected chi connectivity index (χ0v) is 10.9. The molecule has 0 saturated carbocycles. The fraction of sp³-hybridized carbons (Fsp3) is 0.0714. The van der Waals surface area contributed by atoms with Gasteiger partial charge in [-0.25, -0.2) is 4.39 Å². The Labute approximate surface area is 113 Å². The van der Waals surface area contributed by atoms with Gasteiger partial charge in [-0.2, -0.15) is 5.26 Å². The molecule has 0 heterocycles. The van der Waals surface area contributed by atoms with E-state index in [-0.39, 0.29) is 12.4 Å². The van der Waals surface area contributed by atoms with E-state index in [1.165, 1.54) is 6.07 Å². The first-order valence-corrected chi connectivity index (χ1v) is 6.06. The zero-order valence-electron chi connectivity index (χ0n) is 9.36. The van der Waals surface area contributed by atoms with Crippen LogP contribution in [0.5, 0.6) is 5.75 Å². The molecule has 4 heteroatoms. The van der Waals surface area contributed by atoms with Crippen molar-refractivity contribution in [2.45, 2.75) is 6.61 Å². The molecule has 0 atom stereocenters. The lowest BCUT2D eigenvalue weighted by molar-refractivity contribution is 0.304. The fourth-order valence-corrected chi connectivity index (χ4v) is 1.83. The molecule has 18 heavy (non-hydrogen) atoms. The van der Waals surface area contributed by atoms with Gasteiger partial charge < -0.3 is 4.74 Å². The molecule has 0 N–H and O–H groups in total. The molecule has 0 bridgehead atoms. The van der Waals surface area contributed by atoms with Gasteiger partial charge in [0.15, 0.2) is 0 Å². The summed E-state index contributed by atoms with van der Waals surface area (Å²) in [5, 5.41) is 8.66. The molecule has 0 unspecified atom stereocenters. The van der Waals surface area contributed by atoms with E-state index in [0.29, 0.717) is 15.8 Å². The van der Waals surface area contributed by atoms with Gasteiger partial charge in [0.2, 0.25) is 0 Å². The number of nitriles is 1. The molecular weight excluding hydrogens is 297 g/mol. The number of nitrogens with zero attached hydrogens (tertiary/aromatic N) is 1. The average molecular weight is 306 g/mol. The predicted octanol–water partition coefficient (Wildman–Crippen LogP) is 4.04. The van der Waals surface area contributed by atoms with Crippen molar-refractivity contribution in [1.82, 2.24) is 0 Å². The van der Waals surface area contributed by atoms with Gasteiger partial charge >= 0.3 is 0 Å². The van der Waals surface area contributed by atoms with Crippen molar-refractivity contribution >= 4 is 15.9 Å². The number of ether oxygens (including phenoxy) is 1. The monoisotopic (exact) mass is 305 g/mol. The highest BCUT2D eigenvalue weighted by molar-refractivity contribution is 9.10. The molecule has 0 aliphatic carbocycles. The van der Waals surface area contributed by atoms with Crippen LogP contribution in [0.15, 0.2) is 46.9 Å². The standard InChI is InChI=1S/C14H9BrFNO/c15-14-11(2-1-3-13(14)16)9-18-12-6-4-10(8-17)5-7-12/h1-7H,9H2. The molecule has 0 spiro atoms. The van der Waals surface area contributed by atoms with Gasteiger partial charge in [0, 0.05) is 5.56 Å². The summed E-state index contributed by atoms with van der Waals surface area (Å²) in [5.74, 6) is 0.334. The number of halogens is 2. The van der Waals surface area contributed by atoms with E-state index in [4.69, 9.17) is 10.00 Å². The van der Waals surface area contributed by atoms with Crippen LogP contribution in [0.4, 0.5) is 4.39 Å². The molecule has 0 radical (unpaired) electrons. The van der Waals surface area contributed by atoms with Crippen LogP contribution in [0.2, 0.25) is 0 Å². The number of benzene rings is 2. The van der Waals surface area contributed by atoms with Gasteiger partial charge in [-0.1, -0.05) is 12.1 Å². The summed E-state index contributed by atoms with van der Waals surface area (Å²) in [5.41, 5.74) is 1.31. The van der Waals surface area contributed by atoms with Crippen LogP contribution in [-0.4, -0.2) is 0 Å². The van der Waals surface area contributed by atoms with Crippen LogP contribution < -0.4 is 4.74 Å². The molecule has 2 aromatic rings. The van der Waals surface area contributed by atoms with E-state index in [1.807, 2.05) is 6.07 Å². The van der Waals surface area contributed by atoms with Crippen LogP contribution in [0.3, 0.4) is 0 Å². The molecule has 2 rings (SSSR count). The highest BCUT2D eigenvalue weighted by Crippen LogP contribution is 2.22. The van der Waals surface area contributed by atoms with E-state index in [0.717, 1.165) is 5.56 Å². The maximum Gasteiger partial charge on any atom is 0.137 e. The third kappa shape index (κ3) is 2.88. The lowest BCUT2D eigenvalue weighted by atomic mass is 10.2. The van der Waals surface area contributed by atoms with Crippen LogP contribution in [0, 0.1) is 17.1 Å². The minimum Gasteiger partial charge on any atom is -0.489 e. The highest BCUT2D eigenvalue weighted by atomic mass is 79.9. The molecule has 0 aliphatic heterocycles. The SMILES string of the molecule is N#Cc1ccc(OCc2cccc(F)c2Br)cc1. The van der Waals surface area contributed by atoms with E-state index in [9.17, 15) is 4.39 Å². The van der Waals surface area contributed by atoms with Crippen molar-refractivity contribution in [2.75, 3.05) is 0 Å². The van der Waals surface area contributed by atoms with E-state index in [2.05, 4.69) is 15.9 Å². The van der Waals surface area contributed by atoms with Crippen molar-refractivity contribution in [3.63, 3.8) is 0 Å². The van der Waals surface area contributed by atoms with E-state index in [1.54, 1.807) is 36.4 Å². The average Bonchev–Trinajstić information content (AvgIpc) is 2.41. The van der Waals surface area contributed by atoms with Gasteiger partial charge in [-0.3, -0.25) is 0 Å². The first-order chi connectivity index (χ1) is 8.70. The number of hydrogen-bond acceptors (Lipinski definition) is 2. The lowest BCUT2D eigenvalue weighted by Crippen LogP contribution is -1.97. The predicted molar refractivity (Wildman–Crippen MR) is 69.6 cm³/mol. The number of rotatable bonds is 3. The van der Waals surface area contributed by atoms with Crippen molar-refractivity contribution in [2.24, 2.45) is 0 Å². The summed E-state index contributed by atoms with van der Waals surface area (Å²) >= 11 is 3.18. The summed E-state index contributed by atoms with van der Waals surface area (Å²) in [6.07, 6.45) is 0. The van der Waals surface area contributed by atoms with Crippen LogP contribution in [0.25, 0.3) is 0 Å². The Bertz CT molecular complexity index is 590. The van der Waals surface area contributed by atoms with Crippen molar-refractivity contribution in [3.05, 3.63) is 63.9 Å². The second-order valence-corrected chi connectivity index (χ2v) is 4.43. The fourth-order valence-electron chi connectivity index (χ4n) is 1.45. The minimum atomic E-state index is -0.309. The molecule has 2 nitrogen and oxygen atoms in total. The Morgan fingerprint density at radius 2 is 1.89 bits per heavy atom. The van der Waals surface area contributed by atoms with Crippen LogP contribution in [-0.2, 0) is 6.61 Å². The van der Waals surface area contributed by atoms with E-state index >= 15 is 0 Å². The molecule has 2 aromatic carbocycles. The van der Waals surface area contributed by atoms with Crippen LogP contribution >= 0.6 is 15.9 Å². The molecule has 0 aliphatic rings. The first-order valence-electron chi connectivity index (χ1n) is 5.26. The van der Waals surface area contributed by atoms with Crippen molar-refractivity contribution < 1.29 is 9.13 Å². The zero-order chi connectivity index (χ0) is 13.0. The normalized spacial score (nSPS) is 9.83. The minimum absolute atomic E-state index is 0.268. The van der Waals surface area contributed by atoms with Gasteiger partial charge in [-0.05, 0) is 46.3 Å². The molecule has 0 aromatic heterocycles. The molecule has 0 fully saturated rings. The summed E-state index contributed by atoms with van der Waals surface area (Å²) in [7, 11) is 0. The maximum absolute atomic E-state index is 13.3. The topological polar surface area (TPSA) is 33.0 Å². The Morgan fingerprint density at radius 3 is 2.56 bits per heavy atom. The largest absolute Gasteiger partial charge is 0.489 e. The second kappa shape index (κ2) is 5.65. The smallest absolute Gasteiger partial charge is 0.137 e. The van der Waals surface area contributed by atoms with Gasteiger partial charge in [0.1, 0.15) is 18.2 Å². The van der Waals surface area contributed by atoms with Crippen LogP contribution in [0.1, 0.15) is 11.1 Å². The Morgan fingerprint density at radius 1 is 1.17 bits per heavy atom. The van der Waals surface area contributed by atoms with Gasteiger partial charge in [-0.15, -0.1) is 0 Å². The molecule has 90 valence electrons. The summed E-state index contributed by atoms with van der Waals surface area (Å²) < 4.78 is 19.2. The third-order valence-electron chi connectivity index (χ3n) is 2.41. The Balaban J connectivity index is 2.07. The maximum atomic E-state index is 13.3. The van der Waals surface area contributed by atoms with Crippen molar-refractivity contribution in [3.8, 4) is 11.8 Å². The first kappa shape index (κ1) is 12.6.